The van der Waals surface area contributed by atoms with Gasteiger partial charge in [0.15, 0.2) is 0 Å². The summed E-state index contributed by atoms with van der Waals surface area (Å²) in [5.41, 5.74) is 2.73. The summed E-state index contributed by atoms with van der Waals surface area (Å²) in [5.74, 6) is 2.27. The third kappa shape index (κ3) is 3.05. The zero-order valence-electron chi connectivity index (χ0n) is 17.6. The number of nitrogens with zero attached hydrogens (tertiary/aromatic N) is 5. The minimum absolute atomic E-state index is 0.0133. The quantitative estimate of drug-likeness (QED) is 0.702. The van der Waals surface area contributed by atoms with Crippen molar-refractivity contribution in [3.63, 3.8) is 0 Å². The molecule has 0 unspecified atom stereocenters. The molecule has 1 saturated carbocycles. The van der Waals surface area contributed by atoms with Gasteiger partial charge in [-0.15, -0.1) is 0 Å². The maximum absolute atomic E-state index is 13.6. The van der Waals surface area contributed by atoms with E-state index in [4.69, 9.17) is 9.15 Å². The molecule has 9 heteroatoms. The smallest absolute Gasteiger partial charge is 0.258 e. The Morgan fingerprint density at radius 1 is 1.27 bits per heavy atom. The number of hydrogen-bond acceptors (Lipinski definition) is 8. The summed E-state index contributed by atoms with van der Waals surface area (Å²) < 4.78 is 11.3. The molecule has 30 heavy (non-hydrogen) atoms. The molecule has 0 saturated heterocycles. The lowest BCUT2D eigenvalue weighted by Gasteiger charge is -2.29. The second-order valence-corrected chi connectivity index (χ2v) is 8.30. The summed E-state index contributed by atoms with van der Waals surface area (Å²) in [6.45, 7) is 6.73. The molecule has 0 atom stereocenters. The summed E-state index contributed by atoms with van der Waals surface area (Å²) in [5, 5.41) is 4.11. The predicted molar refractivity (Wildman–Crippen MR) is 110 cm³/mol. The Morgan fingerprint density at radius 2 is 2.07 bits per heavy atom. The van der Waals surface area contributed by atoms with Gasteiger partial charge in [0.2, 0.25) is 11.6 Å². The number of ether oxygens (including phenoxy) is 1. The van der Waals surface area contributed by atoms with E-state index in [1.54, 1.807) is 18.9 Å². The number of hydrogen-bond donors (Lipinski definition) is 1. The van der Waals surface area contributed by atoms with E-state index in [0.29, 0.717) is 59.5 Å². The highest BCUT2D eigenvalue weighted by molar-refractivity contribution is 6.10. The summed E-state index contributed by atoms with van der Waals surface area (Å²) in [7, 11) is 1.59. The first-order valence-corrected chi connectivity index (χ1v) is 10.1. The van der Waals surface area contributed by atoms with Gasteiger partial charge in [-0.2, -0.15) is 4.98 Å². The zero-order valence-corrected chi connectivity index (χ0v) is 17.6. The summed E-state index contributed by atoms with van der Waals surface area (Å²) in [6.07, 6.45) is 4.26. The molecule has 0 bridgehead atoms. The normalized spacial score (nSPS) is 17.0. The van der Waals surface area contributed by atoms with E-state index >= 15 is 0 Å². The molecule has 0 radical (unpaired) electrons. The number of amides is 1. The molecule has 0 spiro atoms. The van der Waals surface area contributed by atoms with Crippen molar-refractivity contribution in [1.82, 2.24) is 24.8 Å². The molecule has 2 aliphatic rings. The van der Waals surface area contributed by atoms with Crippen molar-refractivity contribution < 1.29 is 13.9 Å². The Balaban J connectivity index is 1.53. The molecule has 3 aromatic heterocycles. The Labute approximate surface area is 173 Å². The lowest BCUT2D eigenvalue weighted by molar-refractivity contribution is 0.0731. The highest BCUT2D eigenvalue weighted by atomic mass is 16.5. The van der Waals surface area contributed by atoms with Gasteiger partial charge < -0.3 is 19.4 Å². The molecule has 3 aromatic rings. The first-order valence-electron chi connectivity index (χ1n) is 10.1. The number of carbonyl (C=O) groups is 1. The first kappa shape index (κ1) is 18.8. The van der Waals surface area contributed by atoms with Crippen LogP contribution in [-0.2, 0) is 13.0 Å². The Morgan fingerprint density at radius 3 is 2.80 bits per heavy atom. The van der Waals surface area contributed by atoms with E-state index in [9.17, 15) is 4.79 Å². The van der Waals surface area contributed by atoms with E-state index in [2.05, 4.69) is 32.2 Å². The fourth-order valence-corrected chi connectivity index (χ4v) is 4.00. The van der Waals surface area contributed by atoms with Gasteiger partial charge in [0.05, 0.1) is 35.9 Å². The Kier molecular flexibility index (Phi) is 4.16. The molecule has 5 rings (SSSR count). The third-order valence-electron chi connectivity index (χ3n) is 5.91. The van der Waals surface area contributed by atoms with Crippen LogP contribution in [0.1, 0.15) is 53.0 Å². The first-order chi connectivity index (χ1) is 14.4. The number of aryl methyl sites for hydroxylation is 2. The molecule has 1 aliphatic carbocycles. The molecule has 156 valence electrons. The number of fused-ring (bicyclic) bond motifs is 2. The highest BCUT2D eigenvalue weighted by Crippen LogP contribution is 2.40. The van der Waals surface area contributed by atoms with Crippen LogP contribution in [0, 0.1) is 13.8 Å². The van der Waals surface area contributed by atoms with E-state index < -0.39 is 0 Å². The van der Waals surface area contributed by atoms with Gasteiger partial charge in [-0.05, 0) is 33.6 Å². The van der Waals surface area contributed by atoms with Gasteiger partial charge in [-0.1, -0.05) is 0 Å². The average molecular weight is 408 g/mol. The number of rotatable bonds is 4. The molecule has 1 N–H and O–H groups in total. The van der Waals surface area contributed by atoms with Crippen LogP contribution < -0.4 is 10.1 Å². The van der Waals surface area contributed by atoms with Gasteiger partial charge in [-0.25, -0.2) is 15.0 Å². The maximum atomic E-state index is 13.6. The van der Waals surface area contributed by atoms with Gasteiger partial charge >= 0.3 is 0 Å². The molecule has 4 heterocycles. The van der Waals surface area contributed by atoms with E-state index in [1.807, 2.05) is 6.92 Å². The fraction of sp³-hybridized carbons (Fsp3) is 0.476. The number of furan rings is 1. The van der Waals surface area contributed by atoms with Crippen LogP contribution in [0.2, 0.25) is 0 Å². The SMILES string of the molecule is COc1nc(C)nc2c1CN(C(=O)c1c(C)oc3ncnc(NC4(C)CC4)c13)CC2. The largest absolute Gasteiger partial charge is 0.481 e. The standard InChI is InChI=1S/C21H24N6O3/c1-11-15(16-17(26-21(3)6-7-21)22-10-23-19(16)30-11)20(28)27-8-5-14-13(9-27)18(29-4)25-12(2)24-14/h10H,5-9H2,1-4H3,(H,22,23,26). The summed E-state index contributed by atoms with van der Waals surface area (Å²) in [6, 6.07) is 0. The molecule has 1 amide bonds. The second-order valence-electron chi connectivity index (χ2n) is 8.30. The van der Waals surface area contributed by atoms with Crippen LogP contribution in [0.5, 0.6) is 5.88 Å². The topological polar surface area (TPSA) is 106 Å². The molecular weight excluding hydrogens is 384 g/mol. The van der Waals surface area contributed by atoms with Crippen LogP contribution in [0.4, 0.5) is 5.82 Å². The number of aromatic nitrogens is 4. The van der Waals surface area contributed by atoms with E-state index in [1.165, 1.54) is 6.33 Å². The number of anilines is 1. The molecule has 1 aliphatic heterocycles. The van der Waals surface area contributed by atoms with Gasteiger partial charge in [0.25, 0.3) is 5.91 Å². The fourth-order valence-electron chi connectivity index (χ4n) is 4.00. The monoisotopic (exact) mass is 408 g/mol. The van der Waals surface area contributed by atoms with Crippen LogP contribution >= 0.6 is 0 Å². The minimum atomic E-state index is -0.113. The molecule has 0 aromatic carbocycles. The van der Waals surface area contributed by atoms with Crippen molar-refractivity contribution in [3.8, 4) is 5.88 Å². The van der Waals surface area contributed by atoms with Crippen molar-refractivity contribution in [3.05, 3.63) is 34.7 Å². The predicted octanol–water partition coefficient (Wildman–Crippen LogP) is 2.80. The van der Waals surface area contributed by atoms with Crippen LogP contribution in [0.25, 0.3) is 11.1 Å². The third-order valence-corrected chi connectivity index (χ3v) is 5.91. The molecule has 9 nitrogen and oxygen atoms in total. The van der Waals surface area contributed by atoms with Crippen molar-refractivity contribution in [2.45, 2.75) is 52.1 Å². The lowest BCUT2D eigenvalue weighted by Crippen LogP contribution is -2.37. The van der Waals surface area contributed by atoms with Crippen LogP contribution in [-0.4, -0.2) is 49.9 Å². The van der Waals surface area contributed by atoms with Crippen LogP contribution in [0.3, 0.4) is 0 Å². The Bertz CT molecular complexity index is 1150. The maximum Gasteiger partial charge on any atom is 0.258 e. The number of methoxy groups -OCH3 is 1. The summed E-state index contributed by atoms with van der Waals surface area (Å²) in [4.78, 5) is 33.0. The van der Waals surface area contributed by atoms with E-state index in [0.717, 1.165) is 24.1 Å². The lowest BCUT2D eigenvalue weighted by atomic mass is 10.0. The number of carbonyl (C=O) groups excluding carboxylic acids is 1. The highest BCUT2D eigenvalue weighted by Gasteiger charge is 2.39. The van der Waals surface area contributed by atoms with Crippen molar-refractivity contribution in [1.29, 1.82) is 0 Å². The van der Waals surface area contributed by atoms with Crippen molar-refractivity contribution in [2.24, 2.45) is 0 Å². The summed E-state index contributed by atoms with van der Waals surface area (Å²) >= 11 is 0. The second kappa shape index (κ2) is 6.65. The van der Waals surface area contributed by atoms with Gasteiger partial charge in [0.1, 0.15) is 23.7 Å². The van der Waals surface area contributed by atoms with E-state index in [-0.39, 0.29) is 11.4 Å². The average Bonchev–Trinajstić information content (AvgIpc) is 3.34. The minimum Gasteiger partial charge on any atom is -0.481 e. The number of nitrogens with one attached hydrogen (secondary N) is 1. The Hall–Kier alpha value is -3.23. The van der Waals surface area contributed by atoms with Gasteiger partial charge in [-0.3, -0.25) is 4.79 Å². The van der Waals surface area contributed by atoms with Crippen molar-refractivity contribution >= 4 is 22.8 Å². The van der Waals surface area contributed by atoms with Gasteiger partial charge in [0, 0.05) is 18.5 Å². The molecule has 1 fully saturated rings. The molecular formula is C21H24N6O3. The van der Waals surface area contributed by atoms with Crippen LogP contribution in [0.15, 0.2) is 10.7 Å². The zero-order chi connectivity index (χ0) is 21.0. The van der Waals surface area contributed by atoms with Crippen molar-refractivity contribution in [2.75, 3.05) is 19.0 Å².